The van der Waals surface area contributed by atoms with Crippen LogP contribution in [0.2, 0.25) is 0 Å². The first-order valence-corrected chi connectivity index (χ1v) is 5.36. The molecule has 17 heavy (non-hydrogen) atoms. The Balaban J connectivity index is 0.00000144. The van der Waals surface area contributed by atoms with Crippen molar-refractivity contribution in [2.24, 2.45) is 0 Å². The largest absolute Gasteiger partial charge is 0.460 e. The minimum atomic E-state index is 0. The summed E-state index contributed by atoms with van der Waals surface area (Å²) in [5.74, 6) is 1.76. The van der Waals surface area contributed by atoms with Gasteiger partial charge in [0.25, 0.3) is 0 Å². The van der Waals surface area contributed by atoms with Gasteiger partial charge in [-0.3, -0.25) is 0 Å². The summed E-state index contributed by atoms with van der Waals surface area (Å²) < 4.78 is 5.67. The molecule has 92 valence electrons. The summed E-state index contributed by atoms with van der Waals surface area (Å²) >= 11 is 0. The molecule has 0 fully saturated rings. The first kappa shape index (κ1) is 13.8. The number of hydrogen-bond acceptors (Lipinski definition) is 3. The van der Waals surface area contributed by atoms with Crippen LogP contribution in [0.4, 0.5) is 0 Å². The van der Waals surface area contributed by atoms with Crippen LogP contribution in [0, 0.1) is 0 Å². The third-order valence-electron chi connectivity index (χ3n) is 2.31. The number of benzene rings is 1. The summed E-state index contributed by atoms with van der Waals surface area (Å²) in [6.07, 6.45) is 0. The molecular formula is C13H16ClNO2. The Bertz CT molecular complexity index is 428. The van der Waals surface area contributed by atoms with Crippen LogP contribution in [0.25, 0.3) is 11.3 Å². The van der Waals surface area contributed by atoms with Crippen LogP contribution in [0.3, 0.4) is 0 Å². The number of furan rings is 1. The van der Waals surface area contributed by atoms with E-state index in [-0.39, 0.29) is 19.0 Å². The fraction of sp³-hybridized carbons (Fsp3) is 0.231. The van der Waals surface area contributed by atoms with Gasteiger partial charge in [-0.25, -0.2) is 0 Å². The van der Waals surface area contributed by atoms with Crippen LogP contribution in [-0.4, -0.2) is 18.3 Å². The van der Waals surface area contributed by atoms with Crippen molar-refractivity contribution in [1.29, 1.82) is 0 Å². The van der Waals surface area contributed by atoms with Crippen molar-refractivity contribution in [2.75, 3.05) is 13.2 Å². The normalized spacial score (nSPS) is 9.94. The minimum absolute atomic E-state index is 0. The van der Waals surface area contributed by atoms with Gasteiger partial charge >= 0.3 is 0 Å². The van der Waals surface area contributed by atoms with Gasteiger partial charge in [-0.15, -0.1) is 12.4 Å². The van der Waals surface area contributed by atoms with Crippen LogP contribution in [0.1, 0.15) is 5.76 Å². The average Bonchev–Trinajstić information content (AvgIpc) is 2.79. The second kappa shape index (κ2) is 7.12. The topological polar surface area (TPSA) is 45.4 Å². The van der Waals surface area contributed by atoms with Crippen LogP contribution in [0.15, 0.2) is 46.9 Å². The van der Waals surface area contributed by atoms with Crippen molar-refractivity contribution in [3.05, 3.63) is 48.2 Å². The molecule has 1 heterocycles. The molecule has 0 amide bonds. The van der Waals surface area contributed by atoms with E-state index < -0.39 is 0 Å². The van der Waals surface area contributed by atoms with Gasteiger partial charge in [-0.1, -0.05) is 30.3 Å². The van der Waals surface area contributed by atoms with Crippen molar-refractivity contribution >= 4 is 12.4 Å². The summed E-state index contributed by atoms with van der Waals surface area (Å²) in [6, 6.07) is 13.9. The highest BCUT2D eigenvalue weighted by atomic mass is 35.5. The number of hydrogen-bond donors (Lipinski definition) is 2. The van der Waals surface area contributed by atoms with E-state index in [1.807, 2.05) is 42.5 Å². The lowest BCUT2D eigenvalue weighted by Crippen LogP contribution is -2.16. The molecule has 4 heteroatoms. The zero-order valence-corrected chi connectivity index (χ0v) is 10.2. The molecule has 0 saturated heterocycles. The van der Waals surface area contributed by atoms with Crippen molar-refractivity contribution in [1.82, 2.24) is 5.32 Å². The predicted octanol–water partition coefficient (Wildman–Crippen LogP) is 2.45. The molecule has 0 aliphatic rings. The van der Waals surface area contributed by atoms with Crippen molar-refractivity contribution in [3.8, 4) is 11.3 Å². The summed E-state index contributed by atoms with van der Waals surface area (Å²) in [5.41, 5.74) is 1.08. The molecule has 0 aliphatic carbocycles. The predicted molar refractivity (Wildman–Crippen MR) is 70.2 cm³/mol. The highest BCUT2D eigenvalue weighted by molar-refractivity contribution is 5.85. The second-order valence-corrected chi connectivity index (χ2v) is 3.53. The van der Waals surface area contributed by atoms with Crippen molar-refractivity contribution in [2.45, 2.75) is 6.54 Å². The lowest BCUT2D eigenvalue weighted by molar-refractivity contribution is 0.290. The fourth-order valence-corrected chi connectivity index (χ4v) is 1.52. The molecule has 2 N–H and O–H groups in total. The molecule has 2 aromatic rings. The smallest absolute Gasteiger partial charge is 0.134 e. The van der Waals surface area contributed by atoms with E-state index in [0.29, 0.717) is 13.1 Å². The lowest BCUT2D eigenvalue weighted by Gasteiger charge is -1.99. The summed E-state index contributed by atoms with van der Waals surface area (Å²) in [7, 11) is 0. The van der Waals surface area contributed by atoms with Gasteiger partial charge in [0.05, 0.1) is 13.2 Å². The minimum Gasteiger partial charge on any atom is -0.460 e. The summed E-state index contributed by atoms with van der Waals surface area (Å²) in [6.45, 7) is 1.38. The molecule has 3 nitrogen and oxygen atoms in total. The quantitative estimate of drug-likeness (QED) is 0.805. The molecule has 0 radical (unpaired) electrons. The van der Waals surface area contributed by atoms with E-state index in [2.05, 4.69) is 5.32 Å². The molecule has 0 atom stereocenters. The van der Waals surface area contributed by atoms with Gasteiger partial charge in [-0.2, -0.15) is 0 Å². The summed E-state index contributed by atoms with van der Waals surface area (Å²) in [5, 5.41) is 11.7. The van der Waals surface area contributed by atoms with E-state index in [1.54, 1.807) is 0 Å². The molecule has 0 spiro atoms. The van der Waals surface area contributed by atoms with E-state index in [1.165, 1.54) is 0 Å². The van der Waals surface area contributed by atoms with Gasteiger partial charge in [0.2, 0.25) is 0 Å². The highest BCUT2D eigenvalue weighted by Crippen LogP contribution is 2.21. The maximum absolute atomic E-state index is 8.63. The Labute approximate surface area is 107 Å². The third kappa shape index (κ3) is 3.89. The van der Waals surface area contributed by atoms with E-state index >= 15 is 0 Å². The zero-order valence-electron chi connectivity index (χ0n) is 9.43. The fourth-order valence-electron chi connectivity index (χ4n) is 1.52. The highest BCUT2D eigenvalue weighted by Gasteiger charge is 2.03. The maximum atomic E-state index is 8.63. The molecule has 0 bridgehead atoms. The molecule has 1 aromatic carbocycles. The molecule has 0 aliphatic heterocycles. The molecule has 0 saturated carbocycles. The number of aliphatic hydroxyl groups is 1. The van der Waals surface area contributed by atoms with Crippen LogP contribution in [0.5, 0.6) is 0 Å². The Kier molecular flexibility index (Phi) is 5.77. The number of aliphatic hydroxyl groups excluding tert-OH is 1. The Morgan fingerprint density at radius 3 is 2.53 bits per heavy atom. The van der Waals surface area contributed by atoms with Crippen molar-refractivity contribution in [3.63, 3.8) is 0 Å². The van der Waals surface area contributed by atoms with Gasteiger partial charge in [-0.05, 0) is 12.1 Å². The van der Waals surface area contributed by atoms with Crippen LogP contribution >= 0.6 is 12.4 Å². The van der Waals surface area contributed by atoms with Gasteiger partial charge < -0.3 is 14.8 Å². The van der Waals surface area contributed by atoms with Crippen LogP contribution in [-0.2, 0) is 6.54 Å². The number of rotatable bonds is 5. The van der Waals surface area contributed by atoms with E-state index in [0.717, 1.165) is 17.1 Å². The van der Waals surface area contributed by atoms with Crippen molar-refractivity contribution < 1.29 is 9.52 Å². The Morgan fingerprint density at radius 2 is 1.82 bits per heavy atom. The van der Waals surface area contributed by atoms with E-state index in [9.17, 15) is 0 Å². The van der Waals surface area contributed by atoms with Crippen LogP contribution < -0.4 is 5.32 Å². The molecule has 0 unspecified atom stereocenters. The standard InChI is InChI=1S/C13H15NO2.ClH/c15-9-8-14-10-12-6-7-13(16-12)11-4-2-1-3-5-11;/h1-7,14-15H,8-10H2;1H. The SMILES string of the molecule is Cl.OCCNCc1ccc(-c2ccccc2)o1. The van der Waals surface area contributed by atoms with E-state index in [4.69, 9.17) is 9.52 Å². The van der Waals surface area contributed by atoms with Gasteiger partial charge in [0.1, 0.15) is 11.5 Å². The molecular weight excluding hydrogens is 238 g/mol. The third-order valence-corrected chi connectivity index (χ3v) is 2.31. The first-order chi connectivity index (χ1) is 7.90. The Morgan fingerprint density at radius 1 is 1.06 bits per heavy atom. The first-order valence-electron chi connectivity index (χ1n) is 5.36. The van der Waals surface area contributed by atoms with Gasteiger partial charge in [0.15, 0.2) is 0 Å². The second-order valence-electron chi connectivity index (χ2n) is 3.53. The van der Waals surface area contributed by atoms with Gasteiger partial charge in [0, 0.05) is 12.1 Å². The zero-order chi connectivity index (χ0) is 11.2. The number of nitrogens with one attached hydrogen (secondary N) is 1. The number of halogens is 1. The lowest BCUT2D eigenvalue weighted by atomic mass is 10.2. The average molecular weight is 254 g/mol. The molecule has 1 aromatic heterocycles. The molecule has 2 rings (SSSR count). The monoisotopic (exact) mass is 253 g/mol. The Hall–Kier alpha value is -1.29. The summed E-state index contributed by atoms with van der Waals surface area (Å²) in [4.78, 5) is 0. The maximum Gasteiger partial charge on any atom is 0.134 e.